The number of aromatic nitrogens is 3. The summed E-state index contributed by atoms with van der Waals surface area (Å²) in [5.74, 6) is 0.912. The Morgan fingerprint density at radius 1 is 1.15 bits per heavy atom. The van der Waals surface area contributed by atoms with Crippen LogP contribution in [0.25, 0.3) is 0 Å². The first kappa shape index (κ1) is 22.0. The second kappa shape index (κ2) is 9.73. The van der Waals surface area contributed by atoms with Crippen molar-refractivity contribution in [3.05, 3.63) is 42.0 Å². The van der Waals surface area contributed by atoms with E-state index in [0.717, 1.165) is 17.9 Å². The van der Waals surface area contributed by atoms with Gasteiger partial charge in [0.05, 0.1) is 13.7 Å². The van der Waals surface area contributed by atoms with Gasteiger partial charge in [-0.1, -0.05) is 6.07 Å². The van der Waals surface area contributed by atoms with Crippen LogP contribution >= 0.6 is 24.8 Å². The third-order valence-corrected chi connectivity index (χ3v) is 5.73. The zero-order valence-electron chi connectivity index (χ0n) is 15.8. The number of hydrogen-bond donors (Lipinski definition) is 1. The highest BCUT2D eigenvalue weighted by molar-refractivity contribution is 5.85. The third kappa shape index (κ3) is 5.13. The fourth-order valence-corrected chi connectivity index (χ4v) is 4.33. The van der Waals surface area contributed by atoms with Crippen LogP contribution in [0.3, 0.4) is 0 Å². The lowest BCUT2D eigenvalue weighted by Gasteiger charge is -2.34. The largest absolute Gasteiger partial charge is 0.496 e. The van der Waals surface area contributed by atoms with E-state index in [4.69, 9.17) is 4.74 Å². The summed E-state index contributed by atoms with van der Waals surface area (Å²) in [6.07, 6.45) is 7.30. The average molecular weight is 414 g/mol. The topological polar surface area (TPSA) is 55.2 Å². The van der Waals surface area contributed by atoms with Crippen molar-refractivity contribution in [3.63, 3.8) is 0 Å². The molecular formula is C19H29Cl2N5O. The van der Waals surface area contributed by atoms with Gasteiger partial charge in [0.2, 0.25) is 0 Å². The molecule has 1 spiro atoms. The molecule has 1 N–H and O–H groups in total. The van der Waals surface area contributed by atoms with Crippen LogP contribution in [0.2, 0.25) is 0 Å². The number of hydrogen-bond acceptors (Lipinski definition) is 5. The smallest absolute Gasteiger partial charge is 0.137 e. The van der Waals surface area contributed by atoms with Crippen molar-refractivity contribution in [2.24, 2.45) is 5.41 Å². The fraction of sp³-hybridized carbons (Fsp3) is 0.579. The van der Waals surface area contributed by atoms with Gasteiger partial charge in [-0.05, 0) is 62.0 Å². The molecule has 0 saturated carbocycles. The molecule has 150 valence electrons. The van der Waals surface area contributed by atoms with Crippen LogP contribution in [0.5, 0.6) is 5.75 Å². The number of nitrogens with zero attached hydrogens (tertiary/aromatic N) is 4. The van der Waals surface area contributed by atoms with Crippen molar-refractivity contribution in [1.29, 1.82) is 0 Å². The van der Waals surface area contributed by atoms with Gasteiger partial charge in [0.15, 0.2) is 0 Å². The van der Waals surface area contributed by atoms with Crippen LogP contribution < -0.4 is 10.1 Å². The molecule has 8 heteroatoms. The summed E-state index contributed by atoms with van der Waals surface area (Å²) < 4.78 is 7.36. The standard InChI is InChI=1S/C19H27N5O.2ClH/c1-25-18-3-2-16(10-17(18)12-24-15-21-14-22-24)11-23-9-6-19(13-23)4-7-20-8-5-19;;/h2-3,10,14-15,20H,4-9,11-13H2,1H3;2*1H. The lowest BCUT2D eigenvalue weighted by atomic mass is 9.78. The van der Waals surface area contributed by atoms with E-state index < -0.39 is 0 Å². The Morgan fingerprint density at radius 2 is 1.96 bits per heavy atom. The highest BCUT2D eigenvalue weighted by Gasteiger charge is 2.38. The van der Waals surface area contributed by atoms with Gasteiger partial charge in [-0.25, -0.2) is 9.67 Å². The Hall–Kier alpha value is -1.34. The van der Waals surface area contributed by atoms with Gasteiger partial charge in [-0.2, -0.15) is 5.10 Å². The van der Waals surface area contributed by atoms with Crippen LogP contribution in [0.1, 0.15) is 30.4 Å². The van der Waals surface area contributed by atoms with Crippen molar-refractivity contribution < 1.29 is 4.74 Å². The quantitative estimate of drug-likeness (QED) is 0.816. The minimum Gasteiger partial charge on any atom is -0.496 e. The van der Waals surface area contributed by atoms with E-state index in [1.165, 1.54) is 51.0 Å². The summed E-state index contributed by atoms with van der Waals surface area (Å²) in [6.45, 7) is 6.51. The molecule has 1 aromatic carbocycles. The van der Waals surface area contributed by atoms with Crippen molar-refractivity contribution in [2.75, 3.05) is 33.3 Å². The number of piperidine rings is 1. The van der Waals surface area contributed by atoms with E-state index >= 15 is 0 Å². The number of rotatable bonds is 5. The van der Waals surface area contributed by atoms with Crippen molar-refractivity contribution >= 4 is 24.8 Å². The van der Waals surface area contributed by atoms with Crippen molar-refractivity contribution in [3.8, 4) is 5.75 Å². The van der Waals surface area contributed by atoms with E-state index in [0.29, 0.717) is 12.0 Å². The molecule has 4 rings (SSSR count). The average Bonchev–Trinajstić information content (AvgIpc) is 3.27. The summed E-state index contributed by atoms with van der Waals surface area (Å²) in [7, 11) is 1.72. The van der Waals surface area contributed by atoms with Gasteiger partial charge in [0, 0.05) is 18.7 Å². The second-order valence-electron chi connectivity index (χ2n) is 7.45. The van der Waals surface area contributed by atoms with Gasteiger partial charge >= 0.3 is 0 Å². The molecule has 0 atom stereocenters. The monoisotopic (exact) mass is 413 g/mol. The maximum Gasteiger partial charge on any atom is 0.137 e. The molecule has 2 aliphatic rings. The molecule has 0 unspecified atom stereocenters. The van der Waals surface area contributed by atoms with E-state index in [2.05, 4.69) is 38.5 Å². The Morgan fingerprint density at radius 3 is 2.67 bits per heavy atom. The maximum atomic E-state index is 5.53. The highest BCUT2D eigenvalue weighted by atomic mass is 35.5. The molecule has 2 fully saturated rings. The normalized spacial score (nSPS) is 18.7. The Bertz CT molecular complexity index is 704. The SMILES string of the molecule is COc1ccc(CN2CCC3(CCNCC3)C2)cc1Cn1cncn1.Cl.Cl. The second-order valence-corrected chi connectivity index (χ2v) is 7.45. The molecule has 2 saturated heterocycles. The first-order valence-corrected chi connectivity index (χ1v) is 9.18. The predicted molar refractivity (Wildman–Crippen MR) is 111 cm³/mol. The molecule has 3 heterocycles. The number of nitrogens with one attached hydrogen (secondary N) is 1. The molecule has 0 radical (unpaired) electrons. The van der Waals surface area contributed by atoms with E-state index in [1.807, 2.05) is 4.68 Å². The lowest BCUT2D eigenvalue weighted by Crippen LogP contribution is -2.38. The number of likely N-dealkylation sites (tertiary alicyclic amines) is 1. The predicted octanol–water partition coefficient (Wildman–Crippen LogP) is 2.75. The summed E-state index contributed by atoms with van der Waals surface area (Å²) >= 11 is 0. The number of ether oxygens (including phenoxy) is 1. The molecule has 0 bridgehead atoms. The lowest BCUT2D eigenvalue weighted by molar-refractivity contribution is 0.194. The molecule has 2 aromatic rings. The molecular weight excluding hydrogens is 385 g/mol. The van der Waals surface area contributed by atoms with Gasteiger partial charge in [0.25, 0.3) is 0 Å². The molecule has 1 aromatic heterocycles. The summed E-state index contributed by atoms with van der Waals surface area (Å²) in [4.78, 5) is 6.64. The van der Waals surface area contributed by atoms with Crippen LogP contribution in [0, 0.1) is 5.41 Å². The minimum absolute atomic E-state index is 0. The maximum absolute atomic E-state index is 5.53. The molecule has 2 aliphatic heterocycles. The van der Waals surface area contributed by atoms with Crippen LogP contribution in [0.4, 0.5) is 0 Å². The number of halogens is 2. The van der Waals surface area contributed by atoms with Crippen LogP contribution in [-0.4, -0.2) is 53.0 Å². The molecule has 0 aliphatic carbocycles. The summed E-state index contributed by atoms with van der Waals surface area (Å²) in [5, 5.41) is 7.71. The third-order valence-electron chi connectivity index (χ3n) is 5.73. The van der Waals surface area contributed by atoms with E-state index in [9.17, 15) is 0 Å². The van der Waals surface area contributed by atoms with E-state index in [-0.39, 0.29) is 24.8 Å². The minimum atomic E-state index is 0. The van der Waals surface area contributed by atoms with Crippen LogP contribution in [0.15, 0.2) is 30.9 Å². The van der Waals surface area contributed by atoms with Crippen molar-refractivity contribution in [1.82, 2.24) is 25.0 Å². The molecule has 27 heavy (non-hydrogen) atoms. The Kier molecular flexibility index (Phi) is 7.91. The van der Waals surface area contributed by atoms with Crippen LogP contribution in [-0.2, 0) is 13.1 Å². The molecule has 6 nitrogen and oxygen atoms in total. The Labute approximate surface area is 173 Å². The Balaban J connectivity index is 0.00000131. The fourth-order valence-electron chi connectivity index (χ4n) is 4.33. The zero-order chi connectivity index (χ0) is 17.1. The zero-order valence-corrected chi connectivity index (χ0v) is 17.4. The number of methoxy groups -OCH3 is 1. The first-order valence-electron chi connectivity index (χ1n) is 9.18. The van der Waals surface area contributed by atoms with Gasteiger partial charge in [-0.3, -0.25) is 4.90 Å². The first-order chi connectivity index (χ1) is 12.3. The number of benzene rings is 1. The van der Waals surface area contributed by atoms with Crippen molar-refractivity contribution in [2.45, 2.75) is 32.4 Å². The van der Waals surface area contributed by atoms with Gasteiger partial charge < -0.3 is 10.1 Å². The van der Waals surface area contributed by atoms with E-state index in [1.54, 1.807) is 19.8 Å². The summed E-state index contributed by atoms with van der Waals surface area (Å²) in [5.41, 5.74) is 3.06. The van der Waals surface area contributed by atoms with Gasteiger partial charge in [0.1, 0.15) is 18.4 Å². The van der Waals surface area contributed by atoms with Gasteiger partial charge in [-0.15, -0.1) is 24.8 Å². The molecule has 0 amide bonds. The summed E-state index contributed by atoms with van der Waals surface area (Å²) in [6, 6.07) is 6.53. The highest BCUT2D eigenvalue weighted by Crippen LogP contribution is 2.39.